The molecular weight excluding hydrogens is 308 g/mol. The first kappa shape index (κ1) is 17.2. The maximum absolute atomic E-state index is 12.2. The Balaban J connectivity index is 1.81. The molecule has 22 heavy (non-hydrogen) atoms. The summed E-state index contributed by atoms with van der Waals surface area (Å²) in [7, 11) is -0.105. The van der Waals surface area contributed by atoms with Crippen LogP contribution >= 0.6 is 0 Å². The summed E-state index contributed by atoms with van der Waals surface area (Å²) in [4.78, 5) is 26.2. The Bertz CT molecular complexity index is 518. The molecule has 2 aliphatic heterocycles. The Morgan fingerprint density at radius 1 is 1.27 bits per heavy atom. The van der Waals surface area contributed by atoms with Crippen molar-refractivity contribution in [3.63, 3.8) is 0 Å². The third kappa shape index (κ3) is 3.76. The molecule has 3 amide bonds. The van der Waals surface area contributed by atoms with Gasteiger partial charge in [-0.3, -0.25) is 9.69 Å². The number of carbonyl (C=O) groups is 2. The Kier molecular flexibility index (Phi) is 5.41. The molecule has 126 valence electrons. The van der Waals surface area contributed by atoms with Crippen molar-refractivity contribution in [3.05, 3.63) is 0 Å². The van der Waals surface area contributed by atoms with Gasteiger partial charge in [0.25, 0.3) is 0 Å². The van der Waals surface area contributed by atoms with Crippen LogP contribution in [0.4, 0.5) is 4.79 Å². The first-order valence-electron chi connectivity index (χ1n) is 7.54. The van der Waals surface area contributed by atoms with Gasteiger partial charge in [0.05, 0.1) is 11.8 Å². The number of hydrogen-bond donors (Lipinski definition) is 1. The van der Waals surface area contributed by atoms with Crippen LogP contribution in [0.15, 0.2) is 0 Å². The predicted molar refractivity (Wildman–Crippen MR) is 81.8 cm³/mol. The van der Waals surface area contributed by atoms with Crippen molar-refractivity contribution < 1.29 is 18.0 Å². The molecule has 2 rings (SSSR count). The summed E-state index contributed by atoms with van der Waals surface area (Å²) in [5.74, 6) is -0.197. The molecule has 1 atom stereocenters. The number of sulfonamides is 1. The zero-order valence-corrected chi connectivity index (χ0v) is 13.9. The molecule has 2 saturated heterocycles. The summed E-state index contributed by atoms with van der Waals surface area (Å²) in [5.41, 5.74) is 0. The van der Waals surface area contributed by atoms with Crippen LogP contribution in [0.25, 0.3) is 0 Å². The van der Waals surface area contributed by atoms with Gasteiger partial charge in [-0.2, -0.15) is 0 Å². The molecule has 0 saturated carbocycles. The molecule has 1 unspecified atom stereocenters. The highest BCUT2D eigenvalue weighted by Gasteiger charge is 2.32. The van der Waals surface area contributed by atoms with E-state index in [1.54, 1.807) is 14.1 Å². The third-order valence-electron chi connectivity index (χ3n) is 4.19. The molecule has 2 aliphatic rings. The number of nitrogens with one attached hydrogen (secondary N) is 1. The minimum Gasteiger partial charge on any atom is -0.329 e. The van der Waals surface area contributed by atoms with E-state index in [2.05, 4.69) is 10.2 Å². The van der Waals surface area contributed by atoms with E-state index in [0.717, 1.165) is 13.0 Å². The minimum absolute atomic E-state index is 0.0751. The molecule has 0 aliphatic carbocycles. The van der Waals surface area contributed by atoms with Crippen LogP contribution in [-0.4, -0.2) is 86.5 Å². The van der Waals surface area contributed by atoms with Gasteiger partial charge in [-0.25, -0.2) is 17.5 Å². The van der Waals surface area contributed by atoms with Crippen LogP contribution in [0.1, 0.15) is 19.3 Å². The fourth-order valence-corrected chi connectivity index (χ4v) is 4.35. The van der Waals surface area contributed by atoms with Gasteiger partial charge >= 0.3 is 6.03 Å². The number of carbonyl (C=O) groups excluding carboxylic acids is 2. The Morgan fingerprint density at radius 2 is 2.00 bits per heavy atom. The first-order chi connectivity index (χ1) is 10.3. The zero-order valence-electron chi connectivity index (χ0n) is 13.1. The van der Waals surface area contributed by atoms with Crippen LogP contribution < -0.4 is 5.32 Å². The van der Waals surface area contributed by atoms with Crippen LogP contribution in [0.3, 0.4) is 0 Å². The SMILES string of the molecule is CN(C)S(=O)(=O)C1CCCN(CCCN2C(=O)CNC2=O)C1. The maximum atomic E-state index is 12.2. The summed E-state index contributed by atoms with van der Waals surface area (Å²) in [6.45, 7) is 2.52. The van der Waals surface area contributed by atoms with Crippen molar-refractivity contribution in [2.24, 2.45) is 0 Å². The van der Waals surface area contributed by atoms with Gasteiger partial charge in [-0.05, 0) is 32.4 Å². The Labute approximate surface area is 131 Å². The maximum Gasteiger partial charge on any atom is 0.324 e. The molecule has 8 nitrogen and oxygen atoms in total. The molecule has 2 fully saturated rings. The van der Waals surface area contributed by atoms with Gasteiger partial charge in [-0.1, -0.05) is 0 Å². The lowest BCUT2D eigenvalue weighted by atomic mass is 10.1. The number of nitrogens with zero attached hydrogens (tertiary/aromatic N) is 3. The lowest BCUT2D eigenvalue weighted by Crippen LogP contribution is -2.46. The van der Waals surface area contributed by atoms with Crippen LogP contribution in [0.2, 0.25) is 0 Å². The van der Waals surface area contributed by atoms with Crippen molar-refractivity contribution >= 4 is 22.0 Å². The van der Waals surface area contributed by atoms with Gasteiger partial charge in [0, 0.05) is 27.2 Å². The Hall–Kier alpha value is -1.19. The second-order valence-corrected chi connectivity index (χ2v) is 8.38. The van der Waals surface area contributed by atoms with E-state index < -0.39 is 10.0 Å². The second kappa shape index (κ2) is 6.93. The summed E-state index contributed by atoms with van der Waals surface area (Å²) >= 11 is 0. The van der Waals surface area contributed by atoms with Crippen molar-refractivity contribution in [2.45, 2.75) is 24.5 Å². The number of amides is 3. The molecule has 0 aromatic carbocycles. The van der Waals surface area contributed by atoms with Gasteiger partial charge in [0.1, 0.15) is 0 Å². The van der Waals surface area contributed by atoms with Gasteiger partial charge in [0.2, 0.25) is 15.9 Å². The van der Waals surface area contributed by atoms with Crippen molar-refractivity contribution in [2.75, 3.05) is 46.8 Å². The minimum atomic E-state index is -3.23. The number of hydrogen-bond acceptors (Lipinski definition) is 5. The molecule has 0 aromatic rings. The number of urea groups is 1. The summed E-state index contributed by atoms with van der Waals surface area (Å²) in [6, 6.07) is -0.336. The van der Waals surface area contributed by atoms with E-state index in [-0.39, 0.29) is 23.7 Å². The fourth-order valence-electron chi connectivity index (χ4n) is 2.89. The number of rotatable bonds is 6. The average molecular weight is 332 g/mol. The number of imide groups is 1. The molecule has 1 N–H and O–H groups in total. The highest BCUT2D eigenvalue weighted by Crippen LogP contribution is 2.19. The van der Waals surface area contributed by atoms with E-state index in [9.17, 15) is 18.0 Å². The van der Waals surface area contributed by atoms with Gasteiger partial charge < -0.3 is 10.2 Å². The summed E-state index contributed by atoms with van der Waals surface area (Å²) < 4.78 is 25.7. The lowest BCUT2D eigenvalue weighted by Gasteiger charge is -2.33. The van der Waals surface area contributed by atoms with Crippen LogP contribution in [0.5, 0.6) is 0 Å². The standard InChI is InChI=1S/C13H24N4O4S/c1-15(2)22(20,21)11-5-3-6-16(10-11)7-4-8-17-12(18)9-14-13(17)19/h11H,3-10H2,1-2H3,(H,14,19). The number of likely N-dealkylation sites (tertiary alicyclic amines) is 1. The van der Waals surface area contributed by atoms with E-state index in [1.165, 1.54) is 9.21 Å². The van der Waals surface area contributed by atoms with Gasteiger partial charge in [-0.15, -0.1) is 0 Å². The average Bonchev–Trinajstić information content (AvgIpc) is 2.79. The van der Waals surface area contributed by atoms with Crippen molar-refractivity contribution in [3.8, 4) is 0 Å². The highest BCUT2D eigenvalue weighted by atomic mass is 32.2. The topological polar surface area (TPSA) is 90.0 Å². The summed E-state index contributed by atoms with van der Waals surface area (Å²) in [5, 5.41) is 2.12. The quantitative estimate of drug-likeness (QED) is 0.649. The van der Waals surface area contributed by atoms with E-state index in [1.807, 2.05) is 0 Å². The first-order valence-corrected chi connectivity index (χ1v) is 9.04. The molecule has 0 radical (unpaired) electrons. The lowest BCUT2D eigenvalue weighted by molar-refractivity contribution is -0.125. The molecular formula is C13H24N4O4S. The van der Waals surface area contributed by atoms with Crippen LogP contribution in [0, 0.1) is 0 Å². The van der Waals surface area contributed by atoms with Gasteiger partial charge in [0.15, 0.2) is 0 Å². The largest absolute Gasteiger partial charge is 0.329 e. The molecule has 0 aromatic heterocycles. The predicted octanol–water partition coefficient (Wildman–Crippen LogP) is -0.716. The van der Waals surface area contributed by atoms with E-state index in [0.29, 0.717) is 32.5 Å². The van der Waals surface area contributed by atoms with E-state index >= 15 is 0 Å². The Morgan fingerprint density at radius 3 is 2.59 bits per heavy atom. The monoisotopic (exact) mass is 332 g/mol. The molecule has 0 spiro atoms. The summed E-state index contributed by atoms with van der Waals surface area (Å²) in [6.07, 6.45) is 2.19. The number of piperidine rings is 1. The third-order valence-corrected chi connectivity index (χ3v) is 6.43. The molecule has 0 bridgehead atoms. The molecule has 9 heteroatoms. The van der Waals surface area contributed by atoms with Crippen molar-refractivity contribution in [1.29, 1.82) is 0 Å². The van der Waals surface area contributed by atoms with E-state index in [4.69, 9.17) is 0 Å². The highest BCUT2D eigenvalue weighted by molar-refractivity contribution is 7.89. The van der Waals surface area contributed by atoms with Crippen LogP contribution in [-0.2, 0) is 14.8 Å². The second-order valence-electron chi connectivity index (χ2n) is 5.95. The molecule has 2 heterocycles. The normalized spacial score (nSPS) is 24.1. The van der Waals surface area contributed by atoms with Crippen molar-refractivity contribution in [1.82, 2.24) is 19.4 Å². The zero-order chi connectivity index (χ0) is 16.3. The smallest absolute Gasteiger partial charge is 0.324 e. The fraction of sp³-hybridized carbons (Fsp3) is 0.846.